The van der Waals surface area contributed by atoms with E-state index in [0.29, 0.717) is 40.9 Å². The number of benzene rings is 4. The van der Waals surface area contributed by atoms with Gasteiger partial charge in [0.15, 0.2) is 23.0 Å². The summed E-state index contributed by atoms with van der Waals surface area (Å²) in [6, 6.07) is 26.3. The minimum atomic E-state index is -0.612. The molecule has 2 N–H and O–H groups in total. The van der Waals surface area contributed by atoms with E-state index < -0.39 is 5.91 Å². The number of anilines is 1. The van der Waals surface area contributed by atoms with Crippen LogP contribution < -0.4 is 24.3 Å². The van der Waals surface area contributed by atoms with Crippen molar-refractivity contribution < 1.29 is 28.8 Å². The monoisotopic (exact) mass is 570 g/mol. The third-order valence-electron chi connectivity index (χ3n) is 5.90. The number of methoxy groups -OCH3 is 2. The fraction of sp³-hybridized carbons (Fsp3) is 0.125. The van der Waals surface area contributed by atoms with E-state index in [1.807, 2.05) is 54.6 Å². The van der Waals surface area contributed by atoms with E-state index in [2.05, 4.69) is 5.32 Å². The molecule has 9 heteroatoms. The van der Waals surface area contributed by atoms with E-state index >= 15 is 0 Å². The molecule has 4 aromatic carbocycles. The van der Waals surface area contributed by atoms with Crippen LogP contribution in [0.4, 0.5) is 5.69 Å². The van der Waals surface area contributed by atoms with Gasteiger partial charge in [-0.05, 0) is 71.3 Å². The molecule has 0 aliphatic carbocycles. The number of carbonyl (C=O) groups is 1. The maximum Gasteiger partial charge on any atom is 0.266 e. The number of hydrogen-bond donors (Lipinski definition) is 2. The third kappa shape index (κ3) is 7.72. The zero-order valence-electron chi connectivity index (χ0n) is 22.4. The number of ether oxygens (including phenoxy) is 4. The average Bonchev–Trinajstić information content (AvgIpc) is 2.99. The number of phenolic OH excluding ortho intramolecular Hbond substituents is 1. The topological polar surface area (TPSA) is 110 Å². The number of amides is 1. The normalized spacial score (nSPS) is 10.8. The van der Waals surface area contributed by atoms with Crippen molar-refractivity contribution in [2.45, 2.75) is 13.2 Å². The first-order valence-electron chi connectivity index (χ1n) is 12.5. The Morgan fingerprint density at radius 3 is 2.27 bits per heavy atom. The van der Waals surface area contributed by atoms with Gasteiger partial charge in [-0.25, -0.2) is 0 Å². The molecule has 0 aliphatic heterocycles. The number of carbonyl (C=O) groups excluding carboxylic acids is 1. The van der Waals surface area contributed by atoms with Gasteiger partial charge >= 0.3 is 0 Å². The van der Waals surface area contributed by atoms with Crippen LogP contribution in [0.15, 0.2) is 90.5 Å². The summed E-state index contributed by atoms with van der Waals surface area (Å²) in [7, 11) is 3.04. The maximum atomic E-state index is 12.6. The molecule has 41 heavy (non-hydrogen) atoms. The predicted molar refractivity (Wildman–Crippen MR) is 156 cm³/mol. The highest BCUT2D eigenvalue weighted by Gasteiger charge is 2.15. The molecule has 0 bridgehead atoms. The first-order chi connectivity index (χ1) is 19.9. The Morgan fingerprint density at radius 2 is 1.59 bits per heavy atom. The van der Waals surface area contributed by atoms with Gasteiger partial charge in [0.05, 0.1) is 19.2 Å². The smallest absolute Gasteiger partial charge is 0.266 e. The van der Waals surface area contributed by atoms with Crippen LogP contribution >= 0.6 is 11.6 Å². The number of nitrogens with one attached hydrogen (secondary N) is 1. The Kier molecular flexibility index (Phi) is 9.71. The van der Waals surface area contributed by atoms with Gasteiger partial charge in [-0.1, -0.05) is 48.0 Å². The molecule has 0 saturated heterocycles. The Morgan fingerprint density at radius 1 is 0.878 bits per heavy atom. The molecule has 4 aromatic rings. The molecule has 0 atom stereocenters. The molecule has 0 radical (unpaired) electrons. The minimum absolute atomic E-state index is 0.0621. The third-order valence-corrected chi connectivity index (χ3v) is 6.18. The van der Waals surface area contributed by atoms with Crippen LogP contribution in [0.1, 0.15) is 16.7 Å². The molecule has 0 unspecified atom stereocenters. The second kappa shape index (κ2) is 13.8. The zero-order chi connectivity index (χ0) is 29.2. The summed E-state index contributed by atoms with van der Waals surface area (Å²) in [6.07, 6.45) is 1.40. The number of phenols is 1. The second-order valence-corrected chi connectivity index (χ2v) is 9.16. The quantitative estimate of drug-likeness (QED) is 0.116. The minimum Gasteiger partial charge on any atom is -0.508 e. The number of nitriles is 1. The van der Waals surface area contributed by atoms with Crippen molar-refractivity contribution in [1.82, 2.24) is 0 Å². The average molecular weight is 571 g/mol. The summed E-state index contributed by atoms with van der Waals surface area (Å²) in [4.78, 5) is 12.6. The van der Waals surface area contributed by atoms with Gasteiger partial charge in [0.25, 0.3) is 5.91 Å². The van der Waals surface area contributed by atoms with Gasteiger partial charge in [0.2, 0.25) is 0 Å². The van der Waals surface area contributed by atoms with Crippen molar-refractivity contribution in [3.8, 4) is 34.8 Å². The molecular weight excluding hydrogens is 544 g/mol. The predicted octanol–water partition coefficient (Wildman–Crippen LogP) is 6.77. The highest BCUT2D eigenvalue weighted by atomic mass is 35.5. The highest BCUT2D eigenvalue weighted by molar-refractivity contribution is 6.32. The Balaban J connectivity index is 1.46. The van der Waals surface area contributed by atoms with Gasteiger partial charge in [0.1, 0.15) is 30.6 Å². The van der Waals surface area contributed by atoms with Crippen LogP contribution in [-0.4, -0.2) is 25.2 Å². The molecule has 0 fully saturated rings. The molecule has 208 valence electrons. The standard InChI is InChI=1S/C32H27ClN2O6/c1-38-29-16-22(8-13-28(29)40-19-21-6-4-3-5-7-21)20-41-31-27(33)15-23(17-30(31)39-2)14-24(18-34)32(37)35-25-9-11-26(36)12-10-25/h3-17,36H,19-20H2,1-2H3,(H,35,37)/b24-14+. The second-order valence-electron chi connectivity index (χ2n) is 8.75. The summed E-state index contributed by atoms with van der Waals surface area (Å²) in [6.45, 7) is 0.575. The van der Waals surface area contributed by atoms with E-state index in [0.717, 1.165) is 11.1 Å². The molecule has 1 amide bonds. The highest BCUT2D eigenvalue weighted by Crippen LogP contribution is 2.38. The lowest BCUT2D eigenvalue weighted by atomic mass is 10.1. The lowest BCUT2D eigenvalue weighted by Gasteiger charge is -2.15. The molecule has 0 spiro atoms. The fourth-order valence-corrected chi connectivity index (χ4v) is 4.11. The van der Waals surface area contributed by atoms with Crippen LogP contribution in [-0.2, 0) is 18.0 Å². The summed E-state index contributed by atoms with van der Waals surface area (Å²) >= 11 is 6.53. The number of hydrogen-bond acceptors (Lipinski definition) is 7. The van der Waals surface area contributed by atoms with E-state index in [9.17, 15) is 15.2 Å². The summed E-state index contributed by atoms with van der Waals surface area (Å²) in [5.74, 6) is 1.26. The van der Waals surface area contributed by atoms with Crippen LogP contribution in [0.2, 0.25) is 5.02 Å². The fourth-order valence-electron chi connectivity index (χ4n) is 3.83. The van der Waals surface area contributed by atoms with E-state index in [-0.39, 0.29) is 23.0 Å². The van der Waals surface area contributed by atoms with E-state index in [4.69, 9.17) is 30.5 Å². The number of rotatable bonds is 11. The van der Waals surface area contributed by atoms with Crippen molar-refractivity contribution in [1.29, 1.82) is 5.26 Å². The lowest BCUT2D eigenvalue weighted by Crippen LogP contribution is -2.13. The molecule has 0 aliphatic rings. The van der Waals surface area contributed by atoms with Gasteiger partial charge in [0, 0.05) is 5.69 Å². The molecular formula is C32H27ClN2O6. The summed E-state index contributed by atoms with van der Waals surface area (Å²) in [5, 5.41) is 21.8. The van der Waals surface area contributed by atoms with Crippen LogP contribution in [0, 0.1) is 11.3 Å². The summed E-state index contributed by atoms with van der Waals surface area (Å²) < 4.78 is 22.9. The van der Waals surface area contributed by atoms with Crippen molar-refractivity contribution in [3.05, 3.63) is 112 Å². The van der Waals surface area contributed by atoms with Crippen molar-refractivity contribution in [2.75, 3.05) is 19.5 Å². The van der Waals surface area contributed by atoms with Gasteiger partial charge in [-0.3, -0.25) is 4.79 Å². The number of halogens is 1. The molecule has 4 rings (SSSR count). The largest absolute Gasteiger partial charge is 0.508 e. The first-order valence-corrected chi connectivity index (χ1v) is 12.8. The SMILES string of the molecule is COc1cc(COc2c(Cl)cc(/C=C(\C#N)C(=O)Nc3ccc(O)cc3)cc2OC)ccc1OCc1ccccc1. The van der Waals surface area contributed by atoms with Gasteiger partial charge in [-0.15, -0.1) is 0 Å². The Labute approximate surface area is 242 Å². The van der Waals surface area contributed by atoms with Crippen molar-refractivity contribution in [2.24, 2.45) is 0 Å². The van der Waals surface area contributed by atoms with Gasteiger partial charge < -0.3 is 29.4 Å². The van der Waals surface area contributed by atoms with E-state index in [1.165, 1.54) is 37.5 Å². The van der Waals surface area contributed by atoms with E-state index in [1.54, 1.807) is 19.2 Å². The Bertz CT molecular complexity index is 1580. The van der Waals surface area contributed by atoms with Crippen LogP contribution in [0.3, 0.4) is 0 Å². The van der Waals surface area contributed by atoms with Crippen molar-refractivity contribution >= 4 is 29.3 Å². The molecule has 0 aromatic heterocycles. The molecule has 0 heterocycles. The maximum absolute atomic E-state index is 12.6. The van der Waals surface area contributed by atoms with Gasteiger partial charge in [-0.2, -0.15) is 5.26 Å². The zero-order valence-corrected chi connectivity index (χ0v) is 23.1. The molecule has 8 nitrogen and oxygen atoms in total. The summed E-state index contributed by atoms with van der Waals surface area (Å²) in [5.41, 5.74) is 2.61. The Hall–Kier alpha value is -5.13. The van der Waals surface area contributed by atoms with Crippen molar-refractivity contribution in [3.63, 3.8) is 0 Å². The lowest BCUT2D eigenvalue weighted by molar-refractivity contribution is -0.112. The first kappa shape index (κ1) is 28.9. The number of nitrogens with zero attached hydrogens (tertiary/aromatic N) is 1. The molecule has 0 saturated carbocycles. The van der Waals surface area contributed by atoms with Crippen LogP contribution in [0.25, 0.3) is 6.08 Å². The number of aromatic hydroxyl groups is 1. The van der Waals surface area contributed by atoms with Crippen LogP contribution in [0.5, 0.6) is 28.7 Å².